The molecule has 0 radical (unpaired) electrons. The molecule has 1 fully saturated rings. The molecule has 1 atom stereocenters. The fourth-order valence-corrected chi connectivity index (χ4v) is 2.83. The normalized spacial score (nSPS) is 18.5. The number of rotatable bonds is 4. The lowest BCUT2D eigenvalue weighted by molar-refractivity contribution is -0.132. The minimum Gasteiger partial charge on any atom is -0.343 e. The Morgan fingerprint density at radius 3 is 2.79 bits per heavy atom. The van der Waals surface area contributed by atoms with Gasteiger partial charge in [0.15, 0.2) is 5.82 Å². The van der Waals surface area contributed by atoms with Gasteiger partial charge in [-0.15, -0.1) is 0 Å². The highest BCUT2D eigenvalue weighted by Gasteiger charge is 2.30. The summed E-state index contributed by atoms with van der Waals surface area (Å²) >= 11 is 0. The first-order valence-corrected chi connectivity index (χ1v) is 8.26. The van der Waals surface area contributed by atoms with E-state index >= 15 is 0 Å². The van der Waals surface area contributed by atoms with Crippen LogP contribution in [0, 0.1) is 5.92 Å². The van der Waals surface area contributed by atoms with Crippen LogP contribution in [0.1, 0.15) is 26.6 Å². The van der Waals surface area contributed by atoms with Gasteiger partial charge in [0.05, 0.1) is 5.56 Å². The van der Waals surface area contributed by atoms with Crippen LogP contribution in [0.15, 0.2) is 22.9 Å². The topological polar surface area (TPSA) is 75.4 Å². The van der Waals surface area contributed by atoms with Crippen molar-refractivity contribution >= 4 is 11.7 Å². The summed E-state index contributed by atoms with van der Waals surface area (Å²) in [5, 5.41) is 4.00. The molecule has 1 aliphatic rings. The SMILES string of the molecule is CC(C)Cc1noc(-c2ccc(N3CCN(C)C(=O)[C@@H]3C)nc2)n1. The maximum absolute atomic E-state index is 12.1. The summed E-state index contributed by atoms with van der Waals surface area (Å²) in [6.45, 7) is 7.61. The average Bonchev–Trinajstić information content (AvgIpc) is 3.01. The number of anilines is 1. The van der Waals surface area contributed by atoms with Crippen LogP contribution < -0.4 is 4.90 Å². The number of nitrogens with zero attached hydrogens (tertiary/aromatic N) is 5. The summed E-state index contributed by atoms with van der Waals surface area (Å²) in [5.41, 5.74) is 0.786. The number of carbonyl (C=O) groups excluding carboxylic acids is 1. The van der Waals surface area contributed by atoms with Crippen molar-refractivity contribution < 1.29 is 9.32 Å². The average molecular weight is 329 g/mol. The number of piperazine rings is 1. The van der Waals surface area contributed by atoms with E-state index in [9.17, 15) is 4.79 Å². The second-order valence-corrected chi connectivity index (χ2v) is 6.65. The van der Waals surface area contributed by atoms with Gasteiger partial charge in [0, 0.05) is 32.8 Å². The molecule has 0 saturated carbocycles. The van der Waals surface area contributed by atoms with Crippen molar-refractivity contribution in [3.8, 4) is 11.5 Å². The Hall–Kier alpha value is -2.44. The summed E-state index contributed by atoms with van der Waals surface area (Å²) in [7, 11) is 1.83. The summed E-state index contributed by atoms with van der Waals surface area (Å²) in [6, 6.07) is 3.60. The van der Waals surface area contributed by atoms with Crippen molar-refractivity contribution in [2.24, 2.45) is 5.92 Å². The first-order chi connectivity index (χ1) is 11.5. The Kier molecular flexibility index (Phi) is 4.51. The molecule has 0 spiro atoms. The third-order valence-corrected chi connectivity index (χ3v) is 4.23. The molecule has 1 saturated heterocycles. The minimum absolute atomic E-state index is 0.113. The molecule has 7 heteroatoms. The van der Waals surface area contributed by atoms with Gasteiger partial charge in [-0.1, -0.05) is 19.0 Å². The molecule has 2 aromatic rings. The molecule has 1 amide bonds. The molecule has 24 heavy (non-hydrogen) atoms. The third kappa shape index (κ3) is 3.25. The molecule has 3 heterocycles. The monoisotopic (exact) mass is 329 g/mol. The molecule has 0 aliphatic carbocycles. The smallest absolute Gasteiger partial charge is 0.259 e. The van der Waals surface area contributed by atoms with E-state index in [1.807, 2.05) is 31.0 Å². The van der Waals surface area contributed by atoms with Gasteiger partial charge in [-0.05, 0) is 25.0 Å². The Morgan fingerprint density at radius 2 is 2.12 bits per heavy atom. The lowest BCUT2D eigenvalue weighted by atomic mass is 10.1. The number of pyridine rings is 1. The van der Waals surface area contributed by atoms with Gasteiger partial charge in [-0.25, -0.2) is 4.98 Å². The predicted molar refractivity (Wildman–Crippen MR) is 90.5 cm³/mol. The third-order valence-electron chi connectivity index (χ3n) is 4.23. The van der Waals surface area contributed by atoms with Crippen LogP contribution in [0.5, 0.6) is 0 Å². The van der Waals surface area contributed by atoms with E-state index in [2.05, 4.69) is 29.0 Å². The maximum atomic E-state index is 12.1. The highest BCUT2D eigenvalue weighted by molar-refractivity contribution is 5.85. The summed E-state index contributed by atoms with van der Waals surface area (Å²) in [6.07, 6.45) is 2.51. The lowest BCUT2D eigenvalue weighted by Gasteiger charge is -2.38. The molecule has 3 rings (SSSR count). The first kappa shape index (κ1) is 16.4. The van der Waals surface area contributed by atoms with Crippen LogP contribution in [0.25, 0.3) is 11.5 Å². The van der Waals surface area contributed by atoms with Crippen molar-refractivity contribution in [3.05, 3.63) is 24.2 Å². The fraction of sp³-hybridized carbons (Fsp3) is 0.529. The van der Waals surface area contributed by atoms with Crippen molar-refractivity contribution in [3.63, 3.8) is 0 Å². The molecule has 128 valence electrons. The summed E-state index contributed by atoms with van der Waals surface area (Å²) < 4.78 is 5.31. The van der Waals surface area contributed by atoms with E-state index < -0.39 is 0 Å². The number of hydrogen-bond donors (Lipinski definition) is 0. The van der Waals surface area contributed by atoms with Crippen LogP contribution in [0.3, 0.4) is 0 Å². The molecule has 0 unspecified atom stereocenters. The van der Waals surface area contributed by atoms with Gasteiger partial charge in [-0.2, -0.15) is 4.98 Å². The molecular formula is C17H23N5O2. The fourth-order valence-electron chi connectivity index (χ4n) is 2.83. The number of likely N-dealkylation sites (N-methyl/N-ethyl adjacent to an activating group) is 1. The standard InChI is InChI=1S/C17H23N5O2/c1-11(2)9-14-19-16(24-20-14)13-5-6-15(18-10-13)22-8-7-21(4)17(23)12(22)3/h5-6,10-12H,7-9H2,1-4H3/t12-/m0/s1. The zero-order valence-electron chi connectivity index (χ0n) is 14.6. The van der Waals surface area contributed by atoms with Crippen molar-refractivity contribution in [2.45, 2.75) is 33.2 Å². The number of carbonyl (C=O) groups is 1. The van der Waals surface area contributed by atoms with E-state index in [1.165, 1.54) is 0 Å². The van der Waals surface area contributed by atoms with Crippen molar-refractivity contribution in [1.82, 2.24) is 20.0 Å². The van der Waals surface area contributed by atoms with Gasteiger partial charge in [0.2, 0.25) is 5.91 Å². The molecule has 0 N–H and O–H groups in total. The number of hydrogen-bond acceptors (Lipinski definition) is 6. The largest absolute Gasteiger partial charge is 0.343 e. The van der Waals surface area contributed by atoms with Crippen molar-refractivity contribution in [1.29, 1.82) is 0 Å². The van der Waals surface area contributed by atoms with E-state index in [-0.39, 0.29) is 11.9 Å². The summed E-state index contributed by atoms with van der Waals surface area (Å²) in [5.74, 6) is 2.57. The van der Waals surface area contributed by atoms with E-state index in [0.29, 0.717) is 24.2 Å². The van der Waals surface area contributed by atoms with Gasteiger partial charge >= 0.3 is 0 Å². The molecule has 0 aromatic carbocycles. The molecule has 1 aliphatic heterocycles. The number of aromatic nitrogens is 3. The van der Waals surface area contributed by atoms with Gasteiger partial charge in [-0.3, -0.25) is 4.79 Å². The van der Waals surface area contributed by atoms with Gasteiger partial charge in [0.1, 0.15) is 11.9 Å². The van der Waals surface area contributed by atoms with E-state index in [0.717, 1.165) is 24.3 Å². The second-order valence-electron chi connectivity index (χ2n) is 6.65. The lowest BCUT2D eigenvalue weighted by Crippen LogP contribution is -2.54. The first-order valence-electron chi connectivity index (χ1n) is 8.26. The highest BCUT2D eigenvalue weighted by Crippen LogP contribution is 2.23. The van der Waals surface area contributed by atoms with Gasteiger partial charge in [0.25, 0.3) is 5.89 Å². The van der Waals surface area contributed by atoms with Crippen LogP contribution in [0.4, 0.5) is 5.82 Å². The number of amides is 1. The molecular weight excluding hydrogens is 306 g/mol. The van der Waals surface area contributed by atoms with Crippen LogP contribution >= 0.6 is 0 Å². The Balaban J connectivity index is 1.76. The van der Waals surface area contributed by atoms with E-state index in [1.54, 1.807) is 11.1 Å². The van der Waals surface area contributed by atoms with Crippen LogP contribution in [-0.4, -0.2) is 52.1 Å². The quantitative estimate of drug-likeness (QED) is 0.854. The molecule has 0 bridgehead atoms. The predicted octanol–water partition coefficient (Wildman–Crippen LogP) is 2.00. The van der Waals surface area contributed by atoms with Crippen molar-refractivity contribution in [2.75, 3.05) is 25.0 Å². The molecule has 2 aromatic heterocycles. The zero-order valence-corrected chi connectivity index (χ0v) is 14.6. The Morgan fingerprint density at radius 1 is 1.33 bits per heavy atom. The summed E-state index contributed by atoms with van der Waals surface area (Å²) in [4.78, 5) is 24.8. The van der Waals surface area contributed by atoms with Crippen LogP contribution in [0.2, 0.25) is 0 Å². The van der Waals surface area contributed by atoms with Gasteiger partial charge < -0.3 is 14.3 Å². The maximum Gasteiger partial charge on any atom is 0.259 e. The minimum atomic E-state index is -0.205. The van der Waals surface area contributed by atoms with E-state index in [4.69, 9.17) is 4.52 Å². The second kappa shape index (κ2) is 6.59. The molecule has 7 nitrogen and oxygen atoms in total. The Bertz CT molecular complexity index is 710. The van der Waals surface area contributed by atoms with Crippen LogP contribution in [-0.2, 0) is 11.2 Å². The zero-order chi connectivity index (χ0) is 17.3. The Labute approximate surface area is 141 Å². The highest BCUT2D eigenvalue weighted by atomic mass is 16.5.